The van der Waals surface area contributed by atoms with Crippen LogP contribution in [0.4, 0.5) is 8.78 Å². The molecule has 0 atom stereocenters. The van der Waals surface area contributed by atoms with Gasteiger partial charge in [0.15, 0.2) is 0 Å². The molecule has 0 aliphatic carbocycles. The van der Waals surface area contributed by atoms with E-state index in [0.29, 0.717) is 43.3 Å². The molecule has 0 fully saturated rings. The normalized spacial score (nSPS) is 11.0. The summed E-state index contributed by atoms with van der Waals surface area (Å²) < 4.78 is 30.0. The molecule has 0 bridgehead atoms. The molecule has 1 amide bonds. The van der Waals surface area contributed by atoms with Gasteiger partial charge in [-0.25, -0.2) is 4.98 Å². The van der Waals surface area contributed by atoms with Gasteiger partial charge in [-0.05, 0) is 42.7 Å². The largest absolute Gasteiger partial charge is 0.435 e. The van der Waals surface area contributed by atoms with Crippen molar-refractivity contribution in [2.75, 3.05) is 6.54 Å². The van der Waals surface area contributed by atoms with Gasteiger partial charge in [-0.2, -0.15) is 8.78 Å². The minimum absolute atomic E-state index is 0.103. The third-order valence-electron chi connectivity index (χ3n) is 4.42. The number of ether oxygens (including phenoxy) is 1. The molecule has 0 aliphatic rings. The molecule has 1 N–H and O–H groups in total. The number of rotatable bonds is 9. The van der Waals surface area contributed by atoms with Crippen molar-refractivity contribution < 1.29 is 18.3 Å². The van der Waals surface area contributed by atoms with Gasteiger partial charge in [0.1, 0.15) is 5.75 Å². The number of alkyl halides is 2. The van der Waals surface area contributed by atoms with E-state index in [2.05, 4.69) is 15.0 Å². The van der Waals surface area contributed by atoms with E-state index in [0.717, 1.165) is 5.56 Å². The minimum Gasteiger partial charge on any atom is -0.435 e. The quantitative estimate of drug-likeness (QED) is 0.598. The van der Waals surface area contributed by atoms with Crippen molar-refractivity contribution in [3.05, 3.63) is 70.8 Å². The van der Waals surface area contributed by atoms with E-state index < -0.39 is 6.61 Å². The summed E-state index contributed by atoms with van der Waals surface area (Å²) in [5.74, 6) is -0.00402. The summed E-state index contributed by atoms with van der Waals surface area (Å²) in [5.41, 5.74) is 1.44. The molecule has 3 aromatic rings. The highest BCUT2D eigenvalue weighted by atomic mass is 19.3. The predicted octanol–water partition coefficient (Wildman–Crippen LogP) is 3.14. The number of hydrogen-bond acceptors (Lipinski definition) is 4. The maximum atomic E-state index is 12.4. The van der Waals surface area contributed by atoms with Crippen LogP contribution in [0.3, 0.4) is 0 Å². The second-order valence-corrected chi connectivity index (χ2v) is 6.49. The zero-order valence-corrected chi connectivity index (χ0v) is 15.7. The number of para-hydroxylation sites is 1. The van der Waals surface area contributed by atoms with Crippen molar-refractivity contribution in [3.63, 3.8) is 0 Å². The molecular formula is C21H21F2N3O3. The van der Waals surface area contributed by atoms with Gasteiger partial charge in [0.25, 0.3) is 5.56 Å². The van der Waals surface area contributed by atoms with Gasteiger partial charge < -0.3 is 10.1 Å². The zero-order chi connectivity index (χ0) is 20.6. The van der Waals surface area contributed by atoms with E-state index in [1.807, 2.05) is 6.07 Å². The number of benzene rings is 2. The monoisotopic (exact) mass is 401 g/mol. The van der Waals surface area contributed by atoms with Crippen LogP contribution in [0.15, 0.2) is 59.7 Å². The fraction of sp³-hybridized carbons (Fsp3) is 0.286. The first kappa shape index (κ1) is 20.4. The summed E-state index contributed by atoms with van der Waals surface area (Å²) in [6.07, 6.45) is 2.89. The first-order chi connectivity index (χ1) is 14.0. The maximum absolute atomic E-state index is 12.4. The van der Waals surface area contributed by atoms with Gasteiger partial charge in [-0.15, -0.1) is 0 Å². The number of carbonyl (C=O) groups is 1. The van der Waals surface area contributed by atoms with E-state index in [9.17, 15) is 18.4 Å². The lowest BCUT2D eigenvalue weighted by atomic mass is 10.1. The molecule has 1 aromatic heterocycles. The van der Waals surface area contributed by atoms with Gasteiger partial charge in [-0.3, -0.25) is 14.2 Å². The Bertz CT molecular complexity index is 1020. The standard InChI is InChI=1S/C21H21F2N3O3/c22-21(23)29-16-9-7-15(8-10-16)11-12-24-19(27)6-3-13-26-14-25-18-5-2-1-4-17(18)20(26)28/h1-2,4-5,7-10,14,21H,3,6,11-13H2,(H,24,27). The number of fused-ring (bicyclic) bond motifs is 1. The Kier molecular flexibility index (Phi) is 6.89. The van der Waals surface area contributed by atoms with Crippen molar-refractivity contribution >= 4 is 16.8 Å². The number of nitrogens with one attached hydrogen (secondary N) is 1. The Balaban J connectivity index is 1.40. The van der Waals surface area contributed by atoms with Crippen LogP contribution in [0, 0.1) is 0 Å². The van der Waals surface area contributed by atoms with Gasteiger partial charge in [0.05, 0.1) is 17.2 Å². The molecule has 0 saturated carbocycles. The fourth-order valence-corrected chi connectivity index (χ4v) is 2.95. The molecule has 6 nitrogen and oxygen atoms in total. The zero-order valence-electron chi connectivity index (χ0n) is 15.7. The van der Waals surface area contributed by atoms with Crippen molar-refractivity contribution in [2.45, 2.75) is 32.4 Å². The highest BCUT2D eigenvalue weighted by Crippen LogP contribution is 2.15. The molecule has 0 unspecified atom stereocenters. The lowest BCUT2D eigenvalue weighted by Crippen LogP contribution is -2.26. The highest BCUT2D eigenvalue weighted by molar-refractivity contribution is 5.77. The SMILES string of the molecule is O=C(CCCn1cnc2ccccc2c1=O)NCCc1ccc(OC(F)F)cc1. The molecule has 29 heavy (non-hydrogen) atoms. The Hall–Kier alpha value is -3.29. The lowest BCUT2D eigenvalue weighted by molar-refractivity contribution is -0.121. The molecular weight excluding hydrogens is 380 g/mol. The number of nitrogens with zero attached hydrogens (tertiary/aromatic N) is 2. The van der Waals surface area contributed by atoms with Crippen molar-refractivity contribution in [1.82, 2.24) is 14.9 Å². The summed E-state index contributed by atoms with van der Waals surface area (Å²) in [5, 5.41) is 3.37. The second-order valence-electron chi connectivity index (χ2n) is 6.49. The molecule has 0 aliphatic heterocycles. The van der Waals surface area contributed by atoms with E-state index in [1.54, 1.807) is 30.3 Å². The van der Waals surface area contributed by atoms with Gasteiger partial charge in [0.2, 0.25) is 5.91 Å². The number of amides is 1. The van der Waals surface area contributed by atoms with Crippen LogP contribution in [0.2, 0.25) is 0 Å². The van der Waals surface area contributed by atoms with E-state index in [1.165, 1.54) is 23.0 Å². The first-order valence-corrected chi connectivity index (χ1v) is 9.27. The van der Waals surface area contributed by atoms with Crippen LogP contribution in [0.25, 0.3) is 10.9 Å². The van der Waals surface area contributed by atoms with Crippen molar-refractivity contribution in [2.24, 2.45) is 0 Å². The second kappa shape index (κ2) is 9.77. The number of aromatic nitrogens is 2. The van der Waals surface area contributed by atoms with Gasteiger partial charge >= 0.3 is 6.61 Å². The van der Waals surface area contributed by atoms with Gasteiger partial charge in [-0.1, -0.05) is 24.3 Å². The molecule has 8 heteroatoms. The van der Waals surface area contributed by atoms with Crippen LogP contribution >= 0.6 is 0 Å². The molecule has 0 saturated heterocycles. The Morgan fingerprint density at radius 2 is 1.90 bits per heavy atom. The van der Waals surface area contributed by atoms with E-state index in [-0.39, 0.29) is 17.2 Å². The van der Waals surface area contributed by atoms with Crippen LogP contribution in [0.1, 0.15) is 18.4 Å². The summed E-state index contributed by atoms with van der Waals surface area (Å²) >= 11 is 0. The molecule has 0 spiro atoms. The molecule has 3 rings (SSSR count). The molecule has 1 heterocycles. The topological polar surface area (TPSA) is 73.2 Å². The summed E-state index contributed by atoms with van der Waals surface area (Å²) in [4.78, 5) is 28.6. The van der Waals surface area contributed by atoms with Crippen LogP contribution in [-0.4, -0.2) is 28.6 Å². The summed E-state index contributed by atoms with van der Waals surface area (Å²) in [6.45, 7) is -2.00. The van der Waals surface area contributed by atoms with Gasteiger partial charge in [0, 0.05) is 19.5 Å². The smallest absolute Gasteiger partial charge is 0.387 e. The lowest BCUT2D eigenvalue weighted by Gasteiger charge is -2.08. The fourth-order valence-electron chi connectivity index (χ4n) is 2.95. The number of carbonyl (C=O) groups excluding carboxylic acids is 1. The summed E-state index contributed by atoms with van der Waals surface area (Å²) in [7, 11) is 0. The number of aryl methyl sites for hydroxylation is 1. The van der Waals surface area contributed by atoms with Crippen molar-refractivity contribution in [3.8, 4) is 5.75 Å². The molecule has 152 valence electrons. The minimum atomic E-state index is -2.85. The van der Waals surface area contributed by atoms with Crippen LogP contribution < -0.4 is 15.6 Å². The molecule has 0 radical (unpaired) electrons. The van der Waals surface area contributed by atoms with Crippen LogP contribution in [-0.2, 0) is 17.8 Å². The highest BCUT2D eigenvalue weighted by Gasteiger charge is 2.06. The molecule has 2 aromatic carbocycles. The number of halogens is 2. The van der Waals surface area contributed by atoms with E-state index >= 15 is 0 Å². The third-order valence-corrected chi connectivity index (χ3v) is 4.42. The summed E-state index contributed by atoms with van der Waals surface area (Å²) in [6, 6.07) is 13.5. The number of hydrogen-bond donors (Lipinski definition) is 1. The third kappa shape index (κ3) is 5.84. The average Bonchev–Trinajstić information content (AvgIpc) is 2.71. The Morgan fingerprint density at radius 3 is 2.66 bits per heavy atom. The van der Waals surface area contributed by atoms with E-state index in [4.69, 9.17) is 0 Å². The maximum Gasteiger partial charge on any atom is 0.387 e. The van der Waals surface area contributed by atoms with Crippen molar-refractivity contribution in [1.29, 1.82) is 0 Å². The first-order valence-electron chi connectivity index (χ1n) is 9.27. The average molecular weight is 401 g/mol. The predicted molar refractivity (Wildman–Crippen MR) is 105 cm³/mol. The van der Waals surface area contributed by atoms with Crippen LogP contribution in [0.5, 0.6) is 5.75 Å². The Labute approximate surface area is 166 Å². The Morgan fingerprint density at radius 1 is 1.14 bits per heavy atom.